The largest absolute Gasteiger partial charge is 0.243 e. The molecule has 1 aliphatic carbocycles. The van der Waals surface area contributed by atoms with Crippen LogP contribution in [0.4, 0.5) is 0 Å². The molecular weight excluding hydrogens is 246 g/mol. The van der Waals surface area contributed by atoms with E-state index < -0.39 is 10.0 Å². The van der Waals surface area contributed by atoms with Crippen LogP contribution in [0.15, 0.2) is 29.2 Å². The van der Waals surface area contributed by atoms with E-state index in [1.807, 2.05) is 19.1 Å². The van der Waals surface area contributed by atoms with E-state index in [2.05, 4.69) is 13.8 Å². The van der Waals surface area contributed by atoms with Crippen LogP contribution in [0.25, 0.3) is 0 Å². The molecule has 0 bridgehead atoms. The second-order valence-electron chi connectivity index (χ2n) is 5.47. The summed E-state index contributed by atoms with van der Waals surface area (Å²) in [7, 11) is -3.33. The lowest BCUT2D eigenvalue weighted by atomic mass is 10.2. The van der Waals surface area contributed by atoms with Gasteiger partial charge in [0, 0.05) is 12.6 Å². The zero-order valence-corrected chi connectivity index (χ0v) is 12.1. The first-order valence-electron chi connectivity index (χ1n) is 6.50. The molecule has 0 heterocycles. The van der Waals surface area contributed by atoms with E-state index in [-0.39, 0.29) is 6.04 Å². The molecule has 0 N–H and O–H groups in total. The summed E-state index contributed by atoms with van der Waals surface area (Å²) in [6.45, 7) is 6.58. The van der Waals surface area contributed by atoms with Crippen molar-refractivity contribution in [3.05, 3.63) is 29.8 Å². The molecule has 1 aliphatic rings. The van der Waals surface area contributed by atoms with Crippen molar-refractivity contribution in [2.75, 3.05) is 6.54 Å². The summed E-state index contributed by atoms with van der Waals surface area (Å²) in [4.78, 5) is 0.456. The lowest BCUT2D eigenvalue weighted by molar-refractivity contribution is 0.360. The minimum Gasteiger partial charge on any atom is -0.207 e. The van der Waals surface area contributed by atoms with E-state index in [9.17, 15) is 8.42 Å². The molecule has 18 heavy (non-hydrogen) atoms. The van der Waals surface area contributed by atoms with Crippen LogP contribution in [-0.4, -0.2) is 25.3 Å². The fraction of sp³-hybridized carbons (Fsp3) is 0.571. The predicted molar refractivity (Wildman–Crippen MR) is 72.9 cm³/mol. The Morgan fingerprint density at radius 1 is 1.28 bits per heavy atom. The monoisotopic (exact) mass is 267 g/mol. The molecule has 0 saturated heterocycles. The smallest absolute Gasteiger partial charge is 0.207 e. The summed E-state index contributed by atoms with van der Waals surface area (Å²) in [6, 6.07) is 7.45. The summed E-state index contributed by atoms with van der Waals surface area (Å²) >= 11 is 0. The van der Waals surface area contributed by atoms with E-state index >= 15 is 0 Å². The van der Waals surface area contributed by atoms with E-state index in [1.165, 1.54) is 0 Å². The first-order chi connectivity index (χ1) is 8.43. The molecule has 0 radical (unpaired) electrons. The highest BCUT2D eigenvalue weighted by atomic mass is 32.2. The topological polar surface area (TPSA) is 37.4 Å². The Balaban J connectivity index is 2.36. The third-order valence-corrected chi connectivity index (χ3v) is 5.26. The zero-order valence-electron chi connectivity index (χ0n) is 11.3. The van der Waals surface area contributed by atoms with Gasteiger partial charge in [0.05, 0.1) is 4.90 Å². The van der Waals surface area contributed by atoms with Crippen LogP contribution >= 0.6 is 0 Å². The quantitative estimate of drug-likeness (QED) is 0.822. The molecular formula is C14H21NO2S. The molecule has 0 atom stereocenters. The summed E-state index contributed by atoms with van der Waals surface area (Å²) in [5.74, 6) is 0.351. The van der Waals surface area contributed by atoms with Gasteiger partial charge in [0.1, 0.15) is 0 Å². The summed E-state index contributed by atoms with van der Waals surface area (Å²) in [5.41, 5.74) is 0.826. The van der Waals surface area contributed by atoms with Crippen molar-refractivity contribution in [2.45, 2.75) is 44.6 Å². The maximum atomic E-state index is 12.7. The van der Waals surface area contributed by atoms with Gasteiger partial charge < -0.3 is 0 Å². The van der Waals surface area contributed by atoms with Gasteiger partial charge >= 0.3 is 0 Å². The van der Waals surface area contributed by atoms with Crippen molar-refractivity contribution in [2.24, 2.45) is 5.92 Å². The maximum absolute atomic E-state index is 12.7. The normalized spacial score (nSPS) is 16.5. The molecule has 3 nitrogen and oxygen atoms in total. The Labute approximate surface area is 110 Å². The van der Waals surface area contributed by atoms with Crippen LogP contribution in [0, 0.1) is 12.8 Å². The molecule has 0 aromatic heterocycles. The number of rotatable bonds is 5. The molecule has 1 saturated carbocycles. The van der Waals surface area contributed by atoms with Crippen molar-refractivity contribution in [1.29, 1.82) is 0 Å². The van der Waals surface area contributed by atoms with Gasteiger partial charge in [-0.15, -0.1) is 0 Å². The molecule has 0 spiro atoms. The summed E-state index contributed by atoms with van der Waals surface area (Å²) in [6.07, 6.45) is 2.00. The highest BCUT2D eigenvalue weighted by Gasteiger charge is 2.38. The number of hydrogen-bond acceptors (Lipinski definition) is 2. The van der Waals surface area contributed by atoms with E-state index in [0.717, 1.165) is 18.4 Å². The molecule has 100 valence electrons. The zero-order chi connectivity index (χ0) is 13.3. The highest BCUT2D eigenvalue weighted by molar-refractivity contribution is 7.89. The van der Waals surface area contributed by atoms with Crippen molar-refractivity contribution < 1.29 is 8.42 Å². The van der Waals surface area contributed by atoms with Gasteiger partial charge in [0.15, 0.2) is 0 Å². The minimum atomic E-state index is -3.33. The van der Waals surface area contributed by atoms with Crippen LogP contribution in [0.2, 0.25) is 0 Å². The van der Waals surface area contributed by atoms with Crippen molar-refractivity contribution in [3.8, 4) is 0 Å². The van der Waals surface area contributed by atoms with Gasteiger partial charge in [0.25, 0.3) is 0 Å². The first-order valence-corrected chi connectivity index (χ1v) is 7.94. The predicted octanol–water partition coefficient (Wildman–Crippen LogP) is 2.80. The molecule has 0 aliphatic heterocycles. The summed E-state index contributed by atoms with van der Waals surface area (Å²) in [5, 5.41) is 0. The first kappa shape index (κ1) is 13.6. The minimum absolute atomic E-state index is 0.219. The molecule has 1 fully saturated rings. The lowest BCUT2D eigenvalue weighted by Gasteiger charge is -2.24. The average Bonchev–Trinajstić information content (AvgIpc) is 3.09. The maximum Gasteiger partial charge on any atom is 0.243 e. The Kier molecular flexibility index (Phi) is 3.78. The van der Waals surface area contributed by atoms with Gasteiger partial charge in [-0.1, -0.05) is 32.0 Å². The van der Waals surface area contributed by atoms with Gasteiger partial charge in [-0.25, -0.2) is 8.42 Å². The van der Waals surface area contributed by atoms with Gasteiger partial charge in [0.2, 0.25) is 10.0 Å². The Hall–Kier alpha value is -0.870. The van der Waals surface area contributed by atoms with E-state index in [4.69, 9.17) is 0 Å². The van der Waals surface area contributed by atoms with Crippen LogP contribution in [-0.2, 0) is 10.0 Å². The van der Waals surface area contributed by atoms with Crippen molar-refractivity contribution in [1.82, 2.24) is 4.31 Å². The summed E-state index contributed by atoms with van der Waals surface area (Å²) < 4.78 is 27.1. The Morgan fingerprint density at radius 2 is 1.89 bits per heavy atom. The van der Waals surface area contributed by atoms with E-state index in [0.29, 0.717) is 17.4 Å². The van der Waals surface area contributed by atoms with Gasteiger partial charge in [-0.2, -0.15) is 4.31 Å². The highest BCUT2D eigenvalue weighted by Crippen LogP contribution is 2.33. The molecule has 4 heteroatoms. The third kappa shape index (κ3) is 2.75. The molecule has 1 aromatic carbocycles. The van der Waals surface area contributed by atoms with Gasteiger partial charge in [-0.3, -0.25) is 0 Å². The molecule has 2 rings (SSSR count). The molecule has 0 unspecified atom stereocenters. The number of aryl methyl sites for hydroxylation is 1. The third-order valence-electron chi connectivity index (χ3n) is 3.18. The number of hydrogen-bond donors (Lipinski definition) is 0. The number of nitrogens with zero attached hydrogens (tertiary/aromatic N) is 1. The van der Waals surface area contributed by atoms with Crippen molar-refractivity contribution >= 4 is 10.0 Å². The second-order valence-corrected chi connectivity index (χ2v) is 7.32. The van der Waals surface area contributed by atoms with Crippen molar-refractivity contribution in [3.63, 3.8) is 0 Å². The van der Waals surface area contributed by atoms with Crippen LogP contribution in [0.1, 0.15) is 32.3 Å². The number of sulfonamides is 1. The SMILES string of the molecule is Cc1ccccc1S(=O)(=O)N(CC(C)C)C1CC1. The second kappa shape index (κ2) is 5.02. The fourth-order valence-electron chi connectivity index (χ4n) is 2.14. The standard InChI is InChI=1S/C14H21NO2S/c1-11(2)10-15(13-8-9-13)18(16,17)14-7-5-4-6-12(14)3/h4-7,11,13H,8-10H2,1-3H3. The van der Waals surface area contributed by atoms with Crippen LogP contribution < -0.4 is 0 Å². The Bertz CT molecular complexity index is 518. The van der Waals surface area contributed by atoms with E-state index in [1.54, 1.807) is 16.4 Å². The number of benzene rings is 1. The van der Waals surface area contributed by atoms with Gasteiger partial charge in [-0.05, 0) is 37.3 Å². The van der Waals surface area contributed by atoms with Crippen LogP contribution in [0.3, 0.4) is 0 Å². The average molecular weight is 267 g/mol. The Morgan fingerprint density at radius 3 is 2.39 bits per heavy atom. The van der Waals surface area contributed by atoms with Crippen LogP contribution in [0.5, 0.6) is 0 Å². The lowest BCUT2D eigenvalue weighted by Crippen LogP contribution is -2.36. The molecule has 1 aromatic rings. The fourth-order valence-corrected chi connectivity index (χ4v) is 4.21. The molecule has 0 amide bonds.